The van der Waals surface area contributed by atoms with Gasteiger partial charge >= 0.3 is 0 Å². The van der Waals surface area contributed by atoms with E-state index in [-0.39, 0.29) is 18.1 Å². The third-order valence-electron chi connectivity index (χ3n) is 2.60. The van der Waals surface area contributed by atoms with Crippen molar-refractivity contribution in [1.29, 1.82) is 0 Å². The Kier molecular flexibility index (Phi) is 4.44. The number of para-hydroxylation sites is 1. The third kappa shape index (κ3) is 3.70. The van der Waals surface area contributed by atoms with Crippen molar-refractivity contribution in [2.24, 2.45) is 0 Å². The van der Waals surface area contributed by atoms with Gasteiger partial charge in [0.2, 0.25) is 5.91 Å². The molecule has 0 aliphatic rings. The number of benzene rings is 1. The smallest absolute Gasteiger partial charge is 0.231 e. The molecule has 1 N–H and O–H groups in total. The standard InChI is InChI=1S/C14H19NO2/c1-9(2)12-7-5-6-10(3)14(12)15-13(17)8-11(4)16/h5-7,9H,8H2,1-4H3,(H,15,17). The predicted molar refractivity (Wildman–Crippen MR) is 69.2 cm³/mol. The lowest BCUT2D eigenvalue weighted by atomic mass is 9.98. The van der Waals surface area contributed by atoms with Crippen molar-refractivity contribution in [3.63, 3.8) is 0 Å². The second-order valence-corrected chi connectivity index (χ2v) is 4.62. The first kappa shape index (κ1) is 13.4. The number of carbonyl (C=O) groups excluding carboxylic acids is 2. The largest absolute Gasteiger partial charge is 0.325 e. The lowest BCUT2D eigenvalue weighted by Crippen LogP contribution is -2.17. The Bertz CT molecular complexity index is 436. The number of ketones is 1. The molecular formula is C14H19NO2. The molecule has 0 atom stereocenters. The van der Waals surface area contributed by atoms with E-state index >= 15 is 0 Å². The molecule has 0 bridgehead atoms. The lowest BCUT2D eigenvalue weighted by molar-refractivity contribution is -0.124. The highest BCUT2D eigenvalue weighted by atomic mass is 16.2. The van der Waals surface area contributed by atoms with Gasteiger partial charge in [0, 0.05) is 5.69 Å². The molecular weight excluding hydrogens is 214 g/mol. The summed E-state index contributed by atoms with van der Waals surface area (Å²) in [6.07, 6.45) is -0.0636. The van der Waals surface area contributed by atoms with Gasteiger partial charge in [-0.2, -0.15) is 0 Å². The van der Waals surface area contributed by atoms with Crippen LogP contribution in [0, 0.1) is 6.92 Å². The van der Waals surface area contributed by atoms with E-state index in [1.807, 2.05) is 25.1 Å². The number of aryl methyl sites for hydroxylation is 1. The predicted octanol–water partition coefficient (Wildman–Crippen LogP) is 3.04. The Labute approximate surface area is 102 Å². The van der Waals surface area contributed by atoms with Crippen LogP contribution in [0.4, 0.5) is 5.69 Å². The summed E-state index contributed by atoms with van der Waals surface area (Å²) < 4.78 is 0. The minimum atomic E-state index is -0.242. The Hall–Kier alpha value is -1.64. The minimum Gasteiger partial charge on any atom is -0.325 e. The Morgan fingerprint density at radius 1 is 1.29 bits per heavy atom. The van der Waals surface area contributed by atoms with Gasteiger partial charge in [-0.05, 0) is 30.9 Å². The quantitative estimate of drug-likeness (QED) is 0.812. The van der Waals surface area contributed by atoms with Crippen LogP contribution in [0.5, 0.6) is 0 Å². The van der Waals surface area contributed by atoms with Gasteiger partial charge in [-0.15, -0.1) is 0 Å². The van der Waals surface area contributed by atoms with Crippen LogP contribution in [0.15, 0.2) is 18.2 Å². The maximum absolute atomic E-state index is 11.6. The number of hydrogen-bond acceptors (Lipinski definition) is 2. The summed E-state index contributed by atoms with van der Waals surface area (Å²) in [5, 5.41) is 2.83. The van der Waals surface area contributed by atoms with Gasteiger partial charge in [0.25, 0.3) is 0 Å². The number of amides is 1. The van der Waals surface area contributed by atoms with E-state index in [0.717, 1.165) is 16.8 Å². The molecule has 0 aliphatic carbocycles. The Balaban J connectivity index is 2.96. The van der Waals surface area contributed by atoms with Gasteiger partial charge in [-0.1, -0.05) is 32.0 Å². The number of carbonyl (C=O) groups is 2. The van der Waals surface area contributed by atoms with Crippen LogP contribution in [-0.2, 0) is 9.59 Å². The first-order chi connectivity index (χ1) is 7.91. The van der Waals surface area contributed by atoms with Gasteiger partial charge < -0.3 is 5.32 Å². The fraction of sp³-hybridized carbons (Fsp3) is 0.429. The number of hydrogen-bond donors (Lipinski definition) is 1. The molecule has 0 spiro atoms. The summed E-state index contributed by atoms with van der Waals surface area (Å²) in [5.41, 5.74) is 2.96. The monoisotopic (exact) mass is 233 g/mol. The second kappa shape index (κ2) is 5.62. The Morgan fingerprint density at radius 3 is 2.47 bits per heavy atom. The van der Waals surface area contributed by atoms with Crippen LogP contribution in [0.1, 0.15) is 44.2 Å². The van der Waals surface area contributed by atoms with Crippen molar-refractivity contribution in [3.05, 3.63) is 29.3 Å². The van der Waals surface area contributed by atoms with E-state index in [9.17, 15) is 9.59 Å². The average Bonchev–Trinajstić information content (AvgIpc) is 2.19. The molecule has 0 aromatic heterocycles. The van der Waals surface area contributed by atoms with Crippen molar-refractivity contribution < 1.29 is 9.59 Å². The van der Waals surface area contributed by atoms with Gasteiger partial charge in [0.05, 0.1) is 6.42 Å². The highest BCUT2D eigenvalue weighted by molar-refractivity contribution is 6.04. The van der Waals surface area contributed by atoms with Gasteiger partial charge in [0.1, 0.15) is 5.78 Å². The normalized spacial score (nSPS) is 10.4. The first-order valence-corrected chi connectivity index (χ1v) is 5.80. The van der Waals surface area contributed by atoms with E-state index in [1.54, 1.807) is 0 Å². The van der Waals surface area contributed by atoms with Gasteiger partial charge in [0.15, 0.2) is 0 Å². The molecule has 92 valence electrons. The molecule has 1 aromatic carbocycles. The summed E-state index contributed by atoms with van der Waals surface area (Å²) in [6.45, 7) is 7.53. The molecule has 0 heterocycles. The fourth-order valence-corrected chi connectivity index (χ4v) is 1.75. The zero-order valence-corrected chi connectivity index (χ0v) is 10.8. The summed E-state index contributed by atoms with van der Waals surface area (Å²) in [5.74, 6) is -0.0293. The van der Waals surface area contributed by atoms with Crippen LogP contribution < -0.4 is 5.32 Å². The second-order valence-electron chi connectivity index (χ2n) is 4.62. The third-order valence-corrected chi connectivity index (χ3v) is 2.60. The van der Waals surface area contributed by atoms with Crippen LogP contribution in [0.25, 0.3) is 0 Å². The van der Waals surface area contributed by atoms with Crippen molar-refractivity contribution in [2.45, 2.75) is 40.0 Å². The molecule has 0 saturated carbocycles. The van der Waals surface area contributed by atoms with E-state index in [0.29, 0.717) is 5.92 Å². The Morgan fingerprint density at radius 2 is 1.94 bits per heavy atom. The molecule has 0 fully saturated rings. The van der Waals surface area contributed by atoms with Crippen molar-refractivity contribution in [3.8, 4) is 0 Å². The van der Waals surface area contributed by atoms with Crippen molar-refractivity contribution in [2.75, 3.05) is 5.32 Å². The number of anilines is 1. The van der Waals surface area contributed by atoms with Crippen molar-refractivity contribution in [1.82, 2.24) is 0 Å². The molecule has 3 nitrogen and oxygen atoms in total. The van der Waals surface area contributed by atoms with Crippen molar-refractivity contribution >= 4 is 17.4 Å². The van der Waals surface area contributed by atoms with Crippen LogP contribution >= 0.6 is 0 Å². The summed E-state index contributed by atoms with van der Waals surface area (Å²) in [4.78, 5) is 22.5. The maximum atomic E-state index is 11.6. The SMILES string of the molecule is CC(=O)CC(=O)Nc1c(C)cccc1C(C)C. The first-order valence-electron chi connectivity index (χ1n) is 5.80. The van der Waals surface area contributed by atoms with Crippen LogP contribution in [-0.4, -0.2) is 11.7 Å². The van der Waals surface area contributed by atoms with Crippen LogP contribution in [0.2, 0.25) is 0 Å². The van der Waals surface area contributed by atoms with E-state index in [1.165, 1.54) is 6.92 Å². The lowest BCUT2D eigenvalue weighted by Gasteiger charge is -2.16. The molecule has 1 amide bonds. The maximum Gasteiger partial charge on any atom is 0.231 e. The zero-order chi connectivity index (χ0) is 13.0. The summed E-state index contributed by atoms with van der Waals surface area (Å²) >= 11 is 0. The molecule has 3 heteroatoms. The molecule has 0 unspecified atom stereocenters. The molecule has 17 heavy (non-hydrogen) atoms. The number of nitrogens with one attached hydrogen (secondary N) is 1. The fourth-order valence-electron chi connectivity index (χ4n) is 1.75. The van der Waals surface area contributed by atoms with Gasteiger partial charge in [-0.3, -0.25) is 9.59 Å². The van der Waals surface area contributed by atoms with E-state index in [4.69, 9.17) is 0 Å². The number of Topliss-reactive ketones (excluding diaryl/α,β-unsaturated/α-hetero) is 1. The zero-order valence-electron chi connectivity index (χ0n) is 10.8. The molecule has 0 aliphatic heterocycles. The van der Waals surface area contributed by atoms with E-state index in [2.05, 4.69) is 19.2 Å². The highest BCUT2D eigenvalue weighted by Gasteiger charge is 2.12. The summed E-state index contributed by atoms with van der Waals surface area (Å²) in [7, 11) is 0. The molecule has 0 radical (unpaired) electrons. The average molecular weight is 233 g/mol. The minimum absolute atomic E-state index is 0.0636. The van der Waals surface area contributed by atoms with E-state index < -0.39 is 0 Å². The summed E-state index contributed by atoms with van der Waals surface area (Å²) in [6, 6.07) is 5.93. The highest BCUT2D eigenvalue weighted by Crippen LogP contribution is 2.27. The number of rotatable bonds is 4. The molecule has 1 rings (SSSR count). The van der Waals surface area contributed by atoms with Gasteiger partial charge in [-0.25, -0.2) is 0 Å². The molecule has 1 aromatic rings. The van der Waals surface area contributed by atoms with Crippen LogP contribution in [0.3, 0.4) is 0 Å². The molecule has 0 saturated heterocycles. The topological polar surface area (TPSA) is 46.2 Å².